The van der Waals surface area contributed by atoms with Gasteiger partial charge in [0.15, 0.2) is 6.61 Å². The Morgan fingerprint density at radius 1 is 1.44 bits per heavy atom. The molecule has 0 aromatic heterocycles. The molecular weight excluding hydrogens is 228 g/mol. The van der Waals surface area contributed by atoms with Crippen molar-refractivity contribution in [2.75, 3.05) is 13.2 Å². The highest BCUT2D eigenvalue weighted by molar-refractivity contribution is 5.77. The summed E-state index contributed by atoms with van der Waals surface area (Å²) in [5.74, 6) is 0.624. The molecule has 18 heavy (non-hydrogen) atoms. The van der Waals surface area contributed by atoms with Crippen molar-refractivity contribution in [3.8, 4) is 5.75 Å². The van der Waals surface area contributed by atoms with E-state index in [9.17, 15) is 4.79 Å². The minimum atomic E-state index is -0.131. The molecule has 1 aromatic carbocycles. The summed E-state index contributed by atoms with van der Waals surface area (Å²) in [6.45, 7) is 6.47. The van der Waals surface area contributed by atoms with Crippen molar-refractivity contribution in [1.82, 2.24) is 5.32 Å². The van der Waals surface area contributed by atoms with Crippen LogP contribution in [0.25, 0.3) is 0 Å². The van der Waals surface area contributed by atoms with E-state index < -0.39 is 0 Å². The maximum atomic E-state index is 11.6. The van der Waals surface area contributed by atoms with E-state index in [1.807, 2.05) is 39.0 Å². The standard InChI is InChI=1S/C14H22N2O2/c1-4-12(8-15)16-14(17)9-18-13-7-5-6-10(2)11(13)3/h5-7,12H,4,8-9,15H2,1-3H3,(H,16,17). The lowest BCUT2D eigenvalue weighted by Crippen LogP contribution is -2.41. The van der Waals surface area contributed by atoms with Crippen LogP contribution < -0.4 is 15.8 Å². The van der Waals surface area contributed by atoms with Crippen molar-refractivity contribution in [3.05, 3.63) is 29.3 Å². The minimum Gasteiger partial charge on any atom is -0.483 e. The SMILES string of the molecule is CCC(CN)NC(=O)COc1cccc(C)c1C. The Hall–Kier alpha value is -1.55. The number of amides is 1. The van der Waals surface area contributed by atoms with Gasteiger partial charge in [-0.15, -0.1) is 0 Å². The number of hydrogen-bond donors (Lipinski definition) is 2. The van der Waals surface area contributed by atoms with Gasteiger partial charge in [-0.05, 0) is 37.5 Å². The molecule has 1 atom stereocenters. The summed E-state index contributed by atoms with van der Waals surface area (Å²) in [7, 11) is 0. The molecule has 3 N–H and O–H groups in total. The first-order valence-electron chi connectivity index (χ1n) is 6.27. The summed E-state index contributed by atoms with van der Waals surface area (Å²) >= 11 is 0. The molecule has 0 aliphatic rings. The van der Waals surface area contributed by atoms with E-state index in [0.717, 1.165) is 23.3 Å². The first kappa shape index (κ1) is 14.5. The summed E-state index contributed by atoms with van der Waals surface area (Å²) in [4.78, 5) is 11.6. The fraction of sp³-hybridized carbons (Fsp3) is 0.500. The molecule has 1 rings (SSSR count). The van der Waals surface area contributed by atoms with Crippen LogP contribution in [0.3, 0.4) is 0 Å². The van der Waals surface area contributed by atoms with Crippen LogP contribution in [0, 0.1) is 13.8 Å². The Morgan fingerprint density at radius 2 is 2.17 bits per heavy atom. The van der Waals surface area contributed by atoms with E-state index in [2.05, 4.69) is 5.32 Å². The smallest absolute Gasteiger partial charge is 0.258 e. The monoisotopic (exact) mass is 250 g/mol. The lowest BCUT2D eigenvalue weighted by atomic mass is 10.1. The second-order valence-corrected chi connectivity index (χ2v) is 4.40. The molecule has 0 radical (unpaired) electrons. The summed E-state index contributed by atoms with van der Waals surface area (Å²) in [6, 6.07) is 5.84. The van der Waals surface area contributed by atoms with Crippen LogP contribution in [0.5, 0.6) is 5.75 Å². The molecule has 100 valence electrons. The van der Waals surface area contributed by atoms with Gasteiger partial charge in [0, 0.05) is 12.6 Å². The van der Waals surface area contributed by atoms with E-state index >= 15 is 0 Å². The maximum absolute atomic E-state index is 11.6. The summed E-state index contributed by atoms with van der Waals surface area (Å²) < 4.78 is 5.52. The lowest BCUT2D eigenvalue weighted by Gasteiger charge is -2.15. The van der Waals surface area contributed by atoms with Gasteiger partial charge in [-0.3, -0.25) is 4.79 Å². The fourth-order valence-corrected chi connectivity index (χ4v) is 1.62. The summed E-state index contributed by atoms with van der Waals surface area (Å²) in [6.07, 6.45) is 0.825. The number of rotatable bonds is 6. The molecule has 0 bridgehead atoms. The Kier molecular flexibility index (Phi) is 5.65. The number of carbonyl (C=O) groups is 1. The predicted octanol–water partition coefficient (Wildman–Crippen LogP) is 1.54. The van der Waals surface area contributed by atoms with Crippen LogP contribution in [0.1, 0.15) is 24.5 Å². The second-order valence-electron chi connectivity index (χ2n) is 4.40. The Morgan fingerprint density at radius 3 is 2.78 bits per heavy atom. The molecule has 1 unspecified atom stereocenters. The highest BCUT2D eigenvalue weighted by Gasteiger charge is 2.10. The maximum Gasteiger partial charge on any atom is 0.258 e. The number of nitrogens with one attached hydrogen (secondary N) is 1. The van der Waals surface area contributed by atoms with Gasteiger partial charge in [-0.1, -0.05) is 19.1 Å². The van der Waals surface area contributed by atoms with Gasteiger partial charge in [0.05, 0.1) is 0 Å². The van der Waals surface area contributed by atoms with Crippen LogP contribution >= 0.6 is 0 Å². The number of carbonyl (C=O) groups excluding carboxylic acids is 1. The third-order valence-corrected chi connectivity index (χ3v) is 3.06. The van der Waals surface area contributed by atoms with Crippen molar-refractivity contribution in [2.24, 2.45) is 5.73 Å². The highest BCUT2D eigenvalue weighted by Crippen LogP contribution is 2.20. The van der Waals surface area contributed by atoms with E-state index in [-0.39, 0.29) is 18.6 Å². The van der Waals surface area contributed by atoms with E-state index in [4.69, 9.17) is 10.5 Å². The van der Waals surface area contributed by atoms with Gasteiger partial charge in [0.2, 0.25) is 0 Å². The van der Waals surface area contributed by atoms with Gasteiger partial charge >= 0.3 is 0 Å². The van der Waals surface area contributed by atoms with Crippen LogP contribution in [-0.2, 0) is 4.79 Å². The molecule has 1 amide bonds. The first-order valence-corrected chi connectivity index (χ1v) is 6.27. The van der Waals surface area contributed by atoms with Crippen LogP contribution in [0.4, 0.5) is 0 Å². The molecule has 4 heteroatoms. The minimum absolute atomic E-state index is 0.0275. The Bertz CT molecular complexity index is 401. The van der Waals surface area contributed by atoms with E-state index in [1.165, 1.54) is 0 Å². The normalized spacial score (nSPS) is 12.0. The average molecular weight is 250 g/mol. The Balaban J connectivity index is 2.50. The zero-order valence-corrected chi connectivity index (χ0v) is 11.3. The van der Waals surface area contributed by atoms with Crippen molar-refractivity contribution >= 4 is 5.91 Å². The number of nitrogens with two attached hydrogens (primary N) is 1. The van der Waals surface area contributed by atoms with Gasteiger partial charge in [0.1, 0.15) is 5.75 Å². The van der Waals surface area contributed by atoms with Crippen LogP contribution in [0.15, 0.2) is 18.2 Å². The number of benzene rings is 1. The molecule has 0 saturated carbocycles. The predicted molar refractivity (Wildman–Crippen MR) is 72.7 cm³/mol. The zero-order valence-electron chi connectivity index (χ0n) is 11.3. The molecule has 0 aliphatic heterocycles. The third kappa shape index (κ3) is 4.04. The Labute approximate surface area is 109 Å². The largest absolute Gasteiger partial charge is 0.483 e. The first-order chi connectivity index (χ1) is 8.58. The zero-order chi connectivity index (χ0) is 13.5. The number of aryl methyl sites for hydroxylation is 1. The lowest BCUT2D eigenvalue weighted by molar-refractivity contribution is -0.123. The van der Waals surface area contributed by atoms with Gasteiger partial charge in [0.25, 0.3) is 5.91 Å². The second kappa shape index (κ2) is 7.01. The number of ether oxygens (including phenoxy) is 1. The van der Waals surface area contributed by atoms with Gasteiger partial charge in [-0.25, -0.2) is 0 Å². The molecule has 0 saturated heterocycles. The molecular formula is C14H22N2O2. The van der Waals surface area contributed by atoms with Gasteiger partial charge < -0.3 is 15.8 Å². The molecule has 0 fully saturated rings. The molecule has 0 heterocycles. The quantitative estimate of drug-likeness (QED) is 0.805. The number of hydrogen-bond acceptors (Lipinski definition) is 3. The van der Waals surface area contributed by atoms with Crippen molar-refractivity contribution in [2.45, 2.75) is 33.2 Å². The highest BCUT2D eigenvalue weighted by atomic mass is 16.5. The fourth-order valence-electron chi connectivity index (χ4n) is 1.62. The van der Waals surface area contributed by atoms with Crippen LogP contribution in [0.2, 0.25) is 0 Å². The topological polar surface area (TPSA) is 64.3 Å². The van der Waals surface area contributed by atoms with Crippen LogP contribution in [-0.4, -0.2) is 25.1 Å². The average Bonchev–Trinajstić information content (AvgIpc) is 2.37. The van der Waals surface area contributed by atoms with Crippen molar-refractivity contribution in [1.29, 1.82) is 0 Å². The van der Waals surface area contributed by atoms with Crippen molar-refractivity contribution < 1.29 is 9.53 Å². The summed E-state index contributed by atoms with van der Waals surface area (Å²) in [5, 5.41) is 2.83. The third-order valence-electron chi connectivity index (χ3n) is 3.06. The molecule has 1 aromatic rings. The summed E-state index contributed by atoms with van der Waals surface area (Å²) in [5.41, 5.74) is 7.75. The van der Waals surface area contributed by atoms with Crippen molar-refractivity contribution in [3.63, 3.8) is 0 Å². The molecule has 0 aliphatic carbocycles. The molecule has 0 spiro atoms. The van der Waals surface area contributed by atoms with E-state index in [0.29, 0.717) is 6.54 Å². The molecule has 4 nitrogen and oxygen atoms in total. The van der Waals surface area contributed by atoms with E-state index in [1.54, 1.807) is 0 Å². The van der Waals surface area contributed by atoms with Gasteiger partial charge in [-0.2, -0.15) is 0 Å².